The maximum absolute atomic E-state index is 10.1. The summed E-state index contributed by atoms with van der Waals surface area (Å²) in [7, 11) is 0. The molecule has 0 saturated heterocycles. The molecule has 0 radical (unpaired) electrons. The van der Waals surface area contributed by atoms with Gasteiger partial charge in [-0.2, -0.15) is 0 Å². The number of nitrogens with zero attached hydrogens (tertiary/aromatic N) is 1. The molecule has 1 rings (SSSR count). The van der Waals surface area contributed by atoms with Crippen molar-refractivity contribution in [3.63, 3.8) is 0 Å². The summed E-state index contributed by atoms with van der Waals surface area (Å²) in [5.74, 6) is 0. The van der Waals surface area contributed by atoms with E-state index in [2.05, 4.69) is 11.8 Å². The molecule has 3 nitrogen and oxygen atoms in total. The summed E-state index contributed by atoms with van der Waals surface area (Å²) in [6, 6.07) is 0.235. The van der Waals surface area contributed by atoms with Gasteiger partial charge >= 0.3 is 0 Å². The van der Waals surface area contributed by atoms with Crippen molar-refractivity contribution >= 4 is 0 Å². The molecule has 2 N–H and O–H groups in total. The standard InChI is InChI=1S/C13H27NO2/c1-4-14(10-13(2,3)16)11-8-6-5-7-9-12(11)15/h11-12,15-16H,4-10H2,1-3H3. The third-order valence-electron chi connectivity index (χ3n) is 3.41. The zero-order valence-corrected chi connectivity index (χ0v) is 10.9. The lowest BCUT2D eigenvalue weighted by Crippen LogP contribution is -2.49. The normalized spacial score (nSPS) is 28.1. The molecule has 1 fully saturated rings. The summed E-state index contributed by atoms with van der Waals surface area (Å²) in [5, 5.41) is 20.0. The molecule has 1 saturated carbocycles. The number of hydrogen-bond donors (Lipinski definition) is 2. The molecule has 0 aromatic rings. The Morgan fingerprint density at radius 1 is 1.19 bits per heavy atom. The Kier molecular flexibility index (Phi) is 5.22. The van der Waals surface area contributed by atoms with E-state index < -0.39 is 5.60 Å². The van der Waals surface area contributed by atoms with Crippen LogP contribution in [0.4, 0.5) is 0 Å². The number of aliphatic hydroxyl groups excluding tert-OH is 1. The van der Waals surface area contributed by atoms with Gasteiger partial charge in [-0.3, -0.25) is 4.90 Å². The van der Waals surface area contributed by atoms with Crippen LogP contribution in [0.1, 0.15) is 52.9 Å². The van der Waals surface area contributed by atoms with E-state index in [1.54, 1.807) is 0 Å². The van der Waals surface area contributed by atoms with Crippen LogP contribution in [0.5, 0.6) is 0 Å². The third-order valence-corrected chi connectivity index (χ3v) is 3.41. The first-order chi connectivity index (χ1) is 7.44. The summed E-state index contributed by atoms with van der Waals surface area (Å²) in [5.41, 5.74) is -0.679. The molecular formula is C13H27NO2. The van der Waals surface area contributed by atoms with E-state index in [0.29, 0.717) is 6.54 Å². The molecule has 0 aromatic heterocycles. The fourth-order valence-electron chi connectivity index (χ4n) is 2.66. The molecule has 2 unspecified atom stereocenters. The first-order valence-electron chi connectivity index (χ1n) is 6.58. The van der Waals surface area contributed by atoms with Crippen LogP contribution in [-0.4, -0.2) is 45.9 Å². The van der Waals surface area contributed by atoms with Gasteiger partial charge < -0.3 is 10.2 Å². The van der Waals surface area contributed by atoms with Crippen LogP contribution >= 0.6 is 0 Å². The second kappa shape index (κ2) is 5.99. The van der Waals surface area contributed by atoms with E-state index in [0.717, 1.165) is 25.8 Å². The Labute approximate surface area is 99.5 Å². The molecule has 1 aliphatic rings. The minimum atomic E-state index is -0.679. The minimum absolute atomic E-state index is 0.218. The Bertz CT molecular complexity index is 201. The van der Waals surface area contributed by atoms with Gasteiger partial charge in [-0.1, -0.05) is 26.2 Å². The van der Waals surface area contributed by atoms with E-state index in [9.17, 15) is 10.2 Å². The molecule has 0 spiro atoms. The van der Waals surface area contributed by atoms with Gasteiger partial charge in [0.05, 0.1) is 11.7 Å². The maximum Gasteiger partial charge on any atom is 0.0718 e. The predicted octanol–water partition coefficient (Wildman–Crippen LogP) is 1.77. The number of aliphatic hydroxyl groups is 2. The van der Waals surface area contributed by atoms with Crippen molar-refractivity contribution < 1.29 is 10.2 Å². The van der Waals surface area contributed by atoms with Crippen LogP contribution in [-0.2, 0) is 0 Å². The Balaban J connectivity index is 2.62. The highest BCUT2D eigenvalue weighted by Crippen LogP contribution is 2.23. The molecule has 0 bridgehead atoms. The maximum atomic E-state index is 10.1. The van der Waals surface area contributed by atoms with E-state index >= 15 is 0 Å². The predicted molar refractivity (Wildman–Crippen MR) is 66.4 cm³/mol. The first kappa shape index (κ1) is 13.9. The smallest absolute Gasteiger partial charge is 0.0718 e. The molecule has 2 atom stereocenters. The van der Waals surface area contributed by atoms with Crippen LogP contribution in [0.25, 0.3) is 0 Å². The van der Waals surface area contributed by atoms with Gasteiger partial charge in [0.2, 0.25) is 0 Å². The largest absolute Gasteiger partial charge is 0.391 e. The van der Waals surface area contributed by atoms with Gasteiger partial charge in [-0.25, -0.2) is 0 Å². The van der Waals surface area contributed by atoms with Gasteiger partial charge in [0, 0.05) is 12.6 Å². The average molecular weight is 229 g/mol. The lowest BCUT2D eigenvalue weighted by atomic mass is 10.0. The summed E-state index contributed by atoms with van der Waals surface area (Å²) >= 11 is 0. The third kappa shape index (κ3) is 4.40. The van der Waals surface area contributed by atoms with Crippen molar-refractivity contribution in [2.45, 2.75) is 70.6 Å². The molecule has 0 aromatic carbocycles. The van der Waals surface area contributed by atoms with Crippen molar-refractivity contribution in [1.82, 2.24) is 4.90 Å². The fourth-order valence-corrected chi connectivity index (χ4v) is 2.66. The Morgan fingerprint density at radius 3 is 2.38 bits per heavy atom. The molecule has 1 aliphatic carbocycles. The van der Waals surface area contributed by atoms with Crippen LogP contribution < -0.4 is 0 Å². The van der Waals surface area contributed by atoms with Crippen LogP contribution in [0.2, 0.25) is 0 Å². The summed E-state index contributed by atoms with van der Waals surface area (Å²) in [6.45, 7) is 7.30. The van der Waals surface area contributed by atoms with Crippen LogP contribution in [0.15, 0.2) is 0 Å². The second-order valence-electron chi connectivity index (χ2n) is 5.65. The second-order valence-corrected chi connectivity index (χ2v) is 5.65. The highest BCUT2D eigenvalue weighted by Gasteiger charge is 2.29. The van der Waals surface area contributed by atoms with Gasteiger partial charge in [-0.15, -0.1) is 0 Å². The quantitative estimate of drug-likeness (QED) is 0.722. The SMILES string of the molecule is CCN(CC(C)(C)O)C1CCCCCC1O. The summed E-state index contributed by atoms with van der Waals surface area (Å²) in [4.78, 5) is 2.23. The van der Waals surface area contributed by atoms with Crippen molar-refractivity contribution in [2.24, 2.45) is 0 Å². The Hall–Kier alpha value is -0.120. The summed E-state index contributed by atoms with van der Waals surface area (Å²) < 4.78 is 0. The van der Waals surface area contributed by atoms with E-state index in [4.69, 9.17) is 0 Å². The molecule has 16 heavy (non-hydrogen) atoms. The van der Waals surface area contributed by atoms with Crippen molar-refractivity contribution in [3.8, 4) is 0 Å². The number of rotatable bonds is 4. The average Bonchev–Trinajstić information content (AvgIpc) is 2.38. The Morgan fingerprint density at radius 2 is 1.81 bits per heavy atom. The van der Waals surface area contributed by atoms with Crippen molar-refractivity contribution in [3.05, 3.63) is 0 Å². The molecule has 96 valence electrons. The summed E-state index contributed by atoms with van der Waals surface area (Å²) in [6.07, 6.45) is 5.32. The molecular weight excluding hydrogens is 202 g/mol. The van der Waals surface area contributed by atoms with Crippen molar-refractivity contribution in [1.29, 1.82) is 0 Å². The van der Waals surface area contributed by atoms with Crippen LogP contribution in [0.3, 0.4) is 0 Å². The zero-order valence-electron chi connectivity index (χ0n) is 10.9. The topological polar surface area (TPSA) is 43.7 Å². The van der Waals surface area contributed by atoms with E-state index in [-0.39, 0.29) is 12.1 Å². The van der Waals surface area contributed by atoms with Gasteiger partial charge in [-0.05, 0) is 33.2 Å². The molecule has 0 amide bonds. The van der Waals surface area contributed by atoms with Crippen molar-refractivity contribution in [2.75, 3.05) is 13.1 Å². The van der Waals surface area contributed by atoms with Gasteiger partial charge in [0.25, 0.3) is 0 Å². The van der Waals surface area contributed by atoms with E-state index in [1.807, 2.05) is 13.8 Å². The molecule has 0 heterocycles. The molecule has 3 heteroatoms. The lowest BCUT2D eigenvalue weighted by molar-refractivity contribution is -0.0131. The fraction of sp³-hybridized carbons (Fsp3) is 1.00. The van der Waals surface area contributed by atoms with Gasteiger partial charge in [0.1, 0.15) is 0 Å². The highest BCUT2D eigenvalue weighted by molar-refractivity contribution is 4.84. The van der Waals surface area contributed by atoms with Gasteiger partial charge in [0.15, 0.2) is 0 Å². The zero-order chi connectivity index (χ0) is 12.2. The monoisotopic (exact) mass is 229 g/mol. The minimum Gasteiger partial charge on any atom is -0.391 e. The molecule has 0 aliphatic heterocycles. The number of likely N-dealkylation sites (N-methyl/N-ethyl adjacent to an activating group) is 1. The number of hydrogen-bond acceptors (Lipinski definition) is 3. The first-order valence-corrected chi connectivity index (χ1v) is 6.58. The van der Waals surface area contributed by atoms with E-state index in [1.165, 1.54) is 12.8 Å². The lowest BCUT2D eigenvalue weighted by Gasteiger charge is -2.36. The highest BCUT2D eigenvalue weighted by atomic mass is 16.3. The van der Waals surface area contributed by atoms with Crippen LogP contribution in [0, 0.1) is 0 Å².